The number of hydrazine groups is 1. The summed E-state index contributed by atoms with van der Waals surface area (Å²) >= 11 is 0. The summed E-state index contributed by atoms with van der Waals surface area (Å²) in [6.45, 7) is 0. The highest BCUT2D eigenvalue weighted by atomic mass is 32.2. The van der Waals surface area contributed by atoms with Crippen molar-refractivity contribution in [1.82, 2.24) is 20.0 Å². The average molecular weight is 269 g/mol. The number of hydrogen-bond acceptors (Lipinski definition) is 5. The van der Waals surface area contributed by atoms with Crippen LogP contribution in [0.25, 0.3) is 0 Å². The van der Waals surface area contributed by atoms with E-state index < -0.39 is 10.3 Å². The Morgan fingerprint density at radius 3 is 2.56 bits per heavy atom. The summed E-state index contributed by atoms with van der Waals surface area (Å²) in [4.78, 5) is 5.75. The Balaban J connectivity index is 1.97. The van der Waals surface area contributed by atoms with Crippen LogP contribution in [0.4, 0.5) is 5.69 Å². The number of anilines is 1. The van der Waals surface area contributed by atoms with Gasteiger partial charge in [0.2, 0.25) is 0 Å². The predicted molar refractivity (Wildman–Crippen MR) is 63.9 cm³/mol. The van der Waals surface area contributed by atoms with Crippen molar-refractivity contribution < 1.29 is 13.0 Å². The molecule has 96 valence electrons. The fourth-order valence-corrected chi connectivity index (χ4v) is 1.58. The zero-order valence-electron chi connectivity index (χ0n) is 9.16. The average Bonchev–Trinajstić information content (AvgIpc) is 2.80. The summed E-state index contributed by atoms with van der Waals surface area (Å²) in [5.41, 5.74) is 3.83. The van der Waals surface area contributed by atoms with Gasteiger partial charge in [-0.05, 0) is 17.7 Å². The zero-order valence-corrected chi connectivity index (χ0v) is 9.98. The molecule has 0 spiro atoms. The summed E-state index contributed by atoms with van der Waals surface area (Å²) in [6, 6.07) is 6.93. The SMILES string of the molecule is O=S(=O)(O)NNc1ccc(Cc2nc[nH]n2)cc1. The predicted octanol–water partition coefficient (Wildman–Crippen LogP) is 0.115. The van der Waals surface area contributed by atoms with Gasteiger partial charge in [-0.2, -0.15) is 13.5 Å². The number of aromatic amines is 1. The molecule has 0 aliphatic heterocycles. The van der Waals surface area contributed by atoms with Gasteiger partial charge in [0.15, 0.2) is 5.82 Å². The first kappa shape index (κ1) is 12.5. The smallest absolute Gasteiger partial charge is 0.306 e. The van der Waals surface area contributed by atoms with Crippen molar-refractivity contribution in [2.75, 3.05) is 5.43 Å². The molecule has 8 nitrogen and oxygen atoms in total. The number of hydrogen-bond donors (Lipinski definition) is 4. The highest BCUT2D eigenvalue weighted by molar-refractivity contribution is 7.83. The maximum atomic E-state index is 10.4. The molecule has 4 N–H and O–H groups in total. The summed E-state index contributed by atoms with van der Waals surface area (Å²) in [5.74, 6) is 0.673. The molecule has 18 heavy (non-hydrogen) atoms. The molecular weight excluding hydrogens is 258 g/mol. The molecule has 0 saturated heterocycles. The van der Waals surface area contributed by atoms with Gasteiger partial charge in [0.1, 0.15) is 6.33 Å². The Labute approximate surface area is 103 Å². The molecule has 0 unspecified atom stereocenters. The van der Waals surface area contributed by atoms with Gasteiger partial charge in [0.05, 0.1) is 0 Å². The Morgan fingerprint density at radius 2 is 2.00 bits per heavy atom. The van der Waals surface area contributed by atoms with Crippen LogP contribution < -0.4 is 10.3 Å². The van der Waals surface area contributed by atoms with Crippen LogP contribution in [0.3, 0.4) is 0 Å². The van der Waals surface area contributed by atoms with Crippen molar-refractivity contribution in [2.45, 2.75) is 6.42 Å². The van der Waals surface area contributed by atoms with Crippen molar-refractivity contribution in [3.63, 3.8) is 0 Å². The molecular formula is C9H11N5O3S. The van der Waals surface area contributed by atoms with Crippen molar-refractivity contribution in [3.05, 3.63) is 42.0 Å². The van der Waals surface area contributed by atoms with Crippen LogP contribution in [-0.4, -0.2) is 28.2 Å². The minimum Gasteiger partial charge on any atom is -0.306 e. The molecule has 9 heteroatoms. The number of nitrogens with one attached hydrogen (secondary N) is 3. The molecule has 0 atom stereocenters. The van der Waals surface area contributed by atoms with Gasteiger partial charge in [0.25, 0.3) is 0 Å². The minimum atomic E-state index is -4.26. The van der Waals surface area contributed by atoms with Gasteiger partial charge in [-0.1, -0.05) is 12.1 Å². The fourth-order valence-electron chi connectivity index (χ4n) is 1.33. The normalized spacial score (nSPS) is 11.4. The molecule has 0 saturated carbocycles. The lowest BCUT2D eigenvalue weighted by Crippen LogP contribution is -2.28. The van der Waals surface area contributed by atoms with Crippen LogP contribution in [0.5, 0.6) is 0 Å². The van der Waals surface area contributed by atoms with E-state index in [0.717, 1.165) is 5.56 Å². The summed E-state index contributed by atoms with van der Waals surface area (Å²) in [7, 11) is -4.26. The number of rotatable bonds is 5. The van der Waals surface area contributed by atoms with Crippen molar-refractivity contribution in [2.24, 2.45) is 0 Å². The fraction of sp³-hybridized carbons (Fsp3) is 0.111. The highest BCUT2D eigenvalue weighted by Crippen LogP contribution is 2.10. The van der Waals surface area contributed by atoms with E-state index in [2.05, 4.69) is 20.6 Å². The Hall–Kier alpha value is -1.97. The third kappa shape index (κ3) is 3.80. The molecule has 1 aromatic heterocycles. The molecule has 0 bridgehead atoms. The molecule has 0 fully saturated rings. The zero-order chi connectivity index (χ0) is 13.0. The van der Waals surface area contributed by atoms with Gasteiger partial charge in [-0.3, -0.25) is 9.65 Å². The molecule has 1 aromatic carbocycles. The largest absolute Gasteiger partial charge is 0.350 e. The van der Waals surface area contributed by atoms with E-state index in [9.17, 15) is 8.42 Å². The van der Waals surface area contributed by atoms with Crippen LogP contribution in [0.1, 0.15) is 11.4 Å². The molecule has 1 heterocycles. The monoisotopic (exact) mass is 269 g/mol. The van der Waals surface area contributed by atoms with E-state index in [1.807, 2.05) is 0 Å². The van der Waals surface area contributed by atoms with Crippen molar-refractivity contribution in [1.29, 1.82) is 0 Å². The number of nitrogens with zero attached hydrogens (tertiary/aromatic N) is 2. The second-order valence-corrected chi connectivity index (χ2v) is 4.65. The van der Waals surface area contributed by atoms with Crippen molar-refractivity contribution in [3.8, 4) is 0 Å². The molecule has 0 aliphatic carbocycles. The Kier molecular flexibility index (Phi) is 3.55. The minimum absolute atomic E-state index is 0.506. The lowest BCUT2D eigenvalue weighted by atomic mass is 10.1. The van der Waals surface area contributed by atoms with Crippen LogP contribution in [0, 0.1) is 0 Å². The van der Waals surface area contributed by atoms with Gasteiger partial charge < -0.3 is 5.43 Å². The number of H-pyrrole nitrogens is 1. The molecule has 0 aliphatic rings. The lowest BCUT2D eigenvalue weighted by Gasteiger charge is -2.05. The second-order valence-electron chi connectivity index (χ2n) is 3.49. The van der Waals surface area contributed by atoms with Crippen LogP contribution in [0.15, 0.2) is 30.6 Å². The van der Waals surface area contributed by atoms with Crippen LogP contribution >= 0.6 is 0 Å². The first-order chi connectivity index (χ1) is 8.53. The standard InChI is InChI=1S/C9H11N5O3S/c15-18(16,17)14-12-8-3-1-7(2-4-8)5-9-10-6-11-13-9/h1-4,6,12,14H,5H2,(H,10,11,13)(H,15,16,17). The van der Waals surface area contributed by atoms with Gasteiger partial charge in [0, 0.05) is 12.1 Å². The second kappa shape index (κ2) is 5.12. The van der Waals surface area contributed by atoms with E-state index in [1.54, 1.807) is 29.1 Å². The van der Waals surface area contributed by atoms with Gasteiger partial charge >= 0.3 is 10.3 Å². The first-order valence-corrected chi connectivity index (χ1v) is 6.41. The molecule has 0 amide bonds. The number of aromatic nitrogens is 3. The van der Waals surface area contributed by atoms with E-state index in [4.69, 9.17) is 4.55 Å². The van der Waals surface area contributed by atoms with Gasteiger partial charge in [-0.25, -0.2) is 4.98 Å². The maximum absolute atomic E-state index is 10.4. The summed E-state index contributed by atoms with van der Waals surface area (Å²) in [5, 5.41) is 6.55. The lowest BCUT2D eigenvalue weighted by molar-refractivity contribution is 0.473. The number of benzene rings is 1. The maximum Gasteiger partial charge on any atom is 0.350 e. The van der Waals surface area contributed by atoms with E-state index in [1.165, 1.54) is 6.33 Å². The Bertz CT molecular complexity index is 594. The molecule has 0 radical (unpaired) electrons. The molecule has 2 aromatic rings. The topological polar surface area (TPSA) is 120 Å². The van der Waals surface area contributed by atoms with E-state index in [-0.39, 0.29) is 0 Å². The van der Waals surface area contributed by atoms with Crippen LogP contribution in [-0.2, 0) is 16.7 Å². The highest BCUT2D eigenvalue weighted by Gasteiger charge is 2.03. The van der Waals surface area contributed by atoms with Crippen molar-refractivity contribution >= 4 is 16.0 Å². The third-order valence-electron chi connectivity index (χ3n) is 2.11. The molecule has 2 rings (SSSR count). The third-order valence-corrected chi connectivity index (χ3v) is 2.47. The van der Waals surface area contributed by atoms with E-state index in [0.29, 0.717) is 17.9 Å². The Morgan fingerprint density at radius 1 is 1.28 bits per heavy atom. The summed E-state index contributed by atoms with van der Waals surface area (Å²) < 4.78 is 29.4. The van der Waals surface area contributed by atoms with Crippen LogP contribution in [0.2, 0.25) is 0 Å². The first-order valence-electron chi connectivity index (χ1n) is 4.97. The summed E-state index contributed by atoms with van der Waals surface area (Å²) in [6.07, 6.45) is 2.08. The van der Waals surface area contributed by atoms with Gasteiger partial charge in [-0.15, -0.1) is 4.83 Å². The van der Waals surface area contributed by atoms with E-state index >= 15 is 0 Å². The quantitative estimate of drug-likeness (QED) is 0.452.